The maximum atomic E-state index is 11.6. The van der Waals surface area contributed by atoms with Crippen molar-refractivity contribution in [2.75, 3.05) is 0 Å². The standard InChI is InChI=1S/C13H14N2O/c1-9(2)10-5-7-14-12(8-10)11-4-3-6-15-13(11)16/h3-9H,1-2H3,(H,15,16). The van der Waals surface area contributed by atoms with Crippen LogP contribution in [-0.2, 0) is 0 Å². The van der Waals surface area contributed by atoms with E-state index in [9.17, 15) is 4.79 Å². The van der Waals surface area contributed by atoms with Crippen molar-refractivity contribution in [1.82, 2.24) is 9.97 Å². The molecular formula is C13H14N2O. The van der Waals surface area contributed by atoms with E-state index in [0.717, 1.165) is 5.69 Å². The van der Waals surface area contributed by atoms with E-state index in [2.05, 4.69) is 23.8 Å². The minimum absolute atomic E-state index is 0.101. The molecule has 0 radical (unpaired) electrons. The van der Waals surface area contributed by atoms with Gasteiger partial charge in [0.2, 0.25) is 0 Å². The molecule has 0 fully saturated rings. The summed E-state index contributed by atoms with van der Waals surface area (Å²) in [6.45, 7) is 4.24. The van der Waals surface area contributed by atoms with Gasteiger partial charge >= 0.3 is 0 Å². The maximum absolute atomic E-state index is 11.6. The molecule has 0 aliphatic rings. The van der Waals surface area contributed by atoms with E-state index in [-0.39, 0.29) is 5.56 Å². The van der Waals surface area contributed by atoms with Crippen molar-refractivity contribution in [3.8, 4) is 11.3 Å². The second-order valence-electron chi connectivity index (χ2n) is 4.04. The van der Waals surface area contributed by atoms with Gasteiger partial charge in [0, 0.05) is 12.4 Å². The number of hydrogen-bond donors (Lipinski definition) is 1. The molecule has 3 heteroatoms. The van der Waals surface area contributed by atoms with Gasteiger partial charge in [0.15, 0.2) is 0 Å². The van der Waals surface area contributed by atoms with Gasteiger partial charge in [0.1, 0.15) is 0 Å². The first-order valence-corrected chi connectivity index (χ1v) is 5.32. The lowest BCUT2D eigenvalue weighted by Crippen LogP contribution is -2.08. The number of aromatic amines is 1. The fraction of sp³-hybridized carbons (Fsp3) is 0.231. The molecule has 0 atom stereocenters. The molecule has 1 N–H and O–H groups in total. The molecule has 0 aromatic carbocycles. The fourth-order valence-electron chi connectivity index (χ4n) is 1.58. The summed E-state index contributed by atoms with van der Waals surface area (Å²) in [5.41, 5.74) is 2.43. The van der Waals surface area contributed by atoms with Crippen LogP contribution in [0.25, 0.3) is 11.3 Å². The van der Waals surface area contributed by atoms with E-state index in [1.165, 1.54) is 5.56 Å². The average molecular weight is 214 g/mol. The third-order valence-corrected chi connectivity index (χ3v) is 2.54. The zero-order valence-corrected chi connectivity index (χ0v) is 9.40. The second-order valence-corrected chi connectivity index (χ2v) is 4.04. The molecule has 0 spiro atoms. The second kappa shape index (κ2) is 4.31. The Morgan fingerprint density at radius 3 is 2.81 bits per heavy atom. The smallest absolute Gasteiger partial charge is 0.257 e. The Labute approximate surface area is 94.2 Å². The summed E-state index contributed by atoms with van der Waals surface area (Å²) in [4.78, 5) is 18.5. The summed E-state index contributed by atoms with van der Waals surface area (Å²) in [5.74, 6) is 0.435. The third-order valence-electron chi connectivity index (χ3n) is 2.54. The van der Waals surface area contributed by atoms with Crippen LogP contribution in [0.1, 0.15) is 25.3 Å². The first-order valence-electron chi connectivity index (χ1n) is 5.32. The molecule has 3 nitrogen and oxygen atoms in total. The van der Waals surface area contributed by atoms with Gasteiger partial charge in [-0.05, 0) is 35.7 Å². The van der Waals surface area contributed by atoms with Crippen LogP contribution in [0.4, 0.5) is 0 Å². The number of nitrogens with one attached hydrogen (secondary N) is 1. The lowest BCUT2D eigenvalue weighted by molar-refractivity contribution is 0.863. The Hall–Kier alpha value is -1.90. The quantitative estimate of drug-likeness (QED) is 0.835. The average Bonchev–Trinajstić information content (AvgIpc) is 2.30. The minimum Gasteiger partial charge on any atom is -0.329 e. The van der Waals surface area contributed by atoms with Gasteiger partial charge in [-0.25, -0.2) is 0 Å². The number of hydrogen-bond acceptors (Lipinski definition) is 2. The SMILES string of the molecule is CC(C)c1ccnc(-c2ccc[nH]c2=O)c1. The molecule has 0 saturated heterocycles. The van der Waals surface area contributed by atoms with Gasteiger partial charge in [0.25, 0.3) is 5.56 Å². The van der Waals surface area contributed by atoms with Crippen LogP contribution in [0, 0.1) is 0 Å². The molecule has 2 heterocycles. The molecule has 0 aliphatic carbocycles. The highest BCUT2D eigenvalue weighted by molar-refractivity contribution is 5.58. The molecule has 0 unspecified atom stereocenters. The monoisotopic (exact) mass is 214 g/mol. The fourth-order valence-corrected chi connectivity index (χ4v) is 1.58. The highest BCUT2D eigenvalue weighted by Crippen LogP contribution is 2.18. The number of nitrogens with zero attached hydrogens (tertiary/aromatic N) is 1. The van der Waals surface area contributed by atoms with E-state index >= 15 is 0 Å². The molecule has 0 saturated carbocycles. The van der Waals surface area contributed by atoms with E-state index in [1.807, 2.05) is 12.1 Å². The first kappa shape index (κ1) is 10.6. The largest absolute Gasteiger partial charge is 0.329 e. The van der Waals surface area contributed by atoms with Crippen molar-refractivity contribution in [2.24, 2.45) is 0 Å². The summed E-state index contributed by atoms with van der Waals surface area (Å²) >= 11 is 0. The molecule has 2 aromatic rings. The van der Waals surface area contributed by atoms with Crippen LogP contribution in [0.5, 0.6) is 0 Å². The van der Waals surface area contributed by atoms with Crippen LogP contribution in [0.3, 0.4) is 0 Å². The van der Waals surface area contributed by atoms with Crippen LogP contribution >= 0.6 is 0 Å². The predicted molar refractivity (Wildman–Crippen MR) is 64.4 cm³/mol. The van der Waals surface area contributed by atoms with Crippen molar-refractivity contribution < 1.29 is 0 Å². The first-order chi connectivity index (χ1) is 7.68. The van der Waals surface area contributed by atoms with Gasteiger partial charge in [-0.2, -0.15) is 0 Å². The Bertz CT molecular complexity index is 543. The van der Waals surface area contributed by atoms with E-state index in [0.29, 0.717) is 11.5 Å². The number of aromatic nitrogens is 2. The van der Waals surface area contributed by atoms with Crippen molar-refractivity contribution in [2.45, 2.75) is 19.8 Å². The van der Waals surface area contributed by atoms with Crippen LogP contribution in [-0.4, -0.2) is 9.97 Å². The topological polar surface area (TPSA) is 45.8 Å². The Balaban J connectivity index is 2.53. The molecule has 0 aliphatic heterocycles. The highest BCUT2D eigenvalue weighted by atomic mass is 16.1. The molecule has 0 bridgehead atoms. The van der Waals surface area contributed by atoms with Crippen molar-refractivity contribution in [3.05, 3.63) is 52.6 Å². The van der Waals surface area contributed by atoms with E-state index < -0.39 is 0 Å². The number of H-pyrrole nitrogens is 1. The van der Waals surface area contributed by atoms with Gasteiger partial charge in [-0.15, -0.1) is 0 Å². The van der Waals surface area contributed by atoms with Crippen molar-refractivity contribution in [3.63, 3.8) is 0 Å². The summed E-state index contributed by atoms with van der Waals surface area (Å²) < 4.78 is 0. The summed E-state index contributed by atoms with van der Waals surface area (Å²) in [6.07, 6.45) is 3.37. The zero-order chi connectivity index (χ0) is 11.5. The molecule has 2 rings (SSSR count). The maximum Gasteiger partial charge on any atom is 0.257 e. The minimum atomic E-state index is -0.101. The lowest BCUT2D eigenvalue weighted by Gasteiger charge is -2.06. The highest BCUT2D eigenvalue weighted by Gasteiger charge is 2.06. The molecule has 0 amide bonds. The summed E-state index contributed by atoms with van der Waals surface area (Å²) in [5, 5.41) is 0. The molecule has 2 aromatic heterocycles. The summed E-state index contributed by atoms with van der Waals surface area (Å²) in [7, 11) is 0. The van der Waals surface area contributed by atoms with Crippen molar-refractivity contribution in [1.29, 1.82) is 0 Å². The molecule has 16 heavy (non-hydrogen) atoms. The van der Waals surface area contributed by atoms with E-state index in [1.54, 1.807) is 24.5 Å². The number of pyridine rings is 2. The summed E-state index contributed by atoms with van der Waals surface area (Å²) in [6, 6.07) is 7.53. The lowest BCUT2D eigenvalue weighted by atomic mass is 10.0. The number of rotatable bonds is 2. The molecular weight excluding hydrogens is 200 g/mol. The Morgan fingerprint density at radius 1 is 1.31 bits per heavy atom. The van der Waals surface area contributed by atoms with Crippen LogP contribution < -0.4 is 5.56 Å². The van der Waals surface area contributed by atoms with Gasteiger partial charge < -0.3 is 4.98 Å². The third kappa shape index (κ3) is 2.03. The van der Waals surface area contributed by atoms with Gasteiger partial charge in [-0.3, -0.25) is 9.78 Å². The Kier molecular flexibility index (Phi) is 2.86. The van der Waals surface area contributed by atoms with Gasteiger partial charge in [-0.1, -0.05) is 13.8 Å². The van der Waals surface area contributed by atoms with E-state index in [4.69, 9.17) is 0 Å². The normalized spacial score (nSPS) is 10.7. The van der Waals surface area contributed by atoms with Crippen LogP contribution in [0.15, 0.2) is 41.5 Å². The predicted octanol–water partition coefficient (Wildman–Crippen LogP) is 2.56. The molecule has 82 valence electrons. The van der Waals surface area contributed by atoms with Crippen molar-refractivity contribution >= 4 is 0 Å². The zero-order valence-electron chi connectivity index (χ0n) is 9.40. The van der Waals surface area contributed by atoms with Crippen LogP contribution in [0.2, 0.25) is 0 Å². The van der Waals surface area contributed by atoms with Gasteiger partial charge in [0.05, 0.1) is 11.3 Å². The Morgan fingerprint density at radius 2 is 2.12 bits per heavy atom.